The summed E-state index contributed by atoms with van der Waals surface area (Å²) in [5, 5.41) is 9.67. The molecule has 0 spiro atoms. The number of fused-ring (bicyclic) bond motifs is 3. The summed E-state index contributed by atoms with van der Waals surface area (Å²) < 4.78 is 5.67. The van der Waals surface area contributed by atoms with E-state index in [1.165, 1.54) is 13.1 Å². The Hall–Kier alpha value is -3.93. The molecule has 2 N–H and O–H groups in total. The van der Waals surface area contributed by atoms with Gasteiger partial charge in [-0.05, 0) is 40.6 Å². The van der Waals surface area contributed by atoms with Crippen LogP contribution in [0.5, 0.6) is 0 Å². The molecule has 4 rings (SSSR count). The SMILES string of the molecule is CC(=O)Nc1ccc(/C=N\NC(=O)c2cc3c(ccc4ccccc43)o2)cc1. The van der Waals surface area contributed by atoms with Gasteiger partial charge in [-0.2, -0.15) is 5.10 Å². The van der Waals surface area contributed by atoms with E-state index in [4.69, 9.17) is 4.42 Å². The maximum atomic E-state index is 12.3. The van der Waals surface area contributed by atoms with Gasteiger partial charge < -0.3 is 9.73 Å². The van der Waals surface area contributed by atoms with Crippen LogP contribution in [0.2, 0.25) is 0 Å². The minimum atomic E-state index is -0.425. The van der Waals surface area contributed by atoms with Gasteiger partial charge in [0.15, 0.2) is 5.76 Å². The van der Waals surface area contributed by atoms with Crippen molar-refractivity contribution in [3.63, 3.8) is 0 Å². The lowest BCUT2D eigenvalue weighted by Gasteiger charge is -2.01. The third-order valence-corrected chi connectivity index (χ3v) is 4.26. The number of amides is 2. The molecule has 3 aromatic carbocycles. The van der Waals surface area contributed by atoms with Gasteiger partial charge in [0.05, 0.1) is 6.21 Å². The third kappa shape index (κ3) is 3.61. The van der Waals surface area contributed by atoms with Crippen molar-refractivity contribution in [2.75, 3.05) is 5.32 Å². The van der Waals surface area contributed by atoms with Gasteiger partial charge in [0, 0.05) is 18.0 Å². The van der Waals surface area contributed by atoms with Gasteiger partial charge in [-0.3, -0.25) is 9.59 Å². The Kier molecular flexibility index (Phi) is 4.60. The molecule has 0 fully saturated rings. The maximum absolute atomic E-state index is 12.3. The van der Waals surface area contributed by atoms with Crippen molar-refractivity contribution in [3.8, 4) is 0 Å². The van der Waals surface area contributed by atoms with E-state index in [2.05, 4.69) is 15.8 Å². The van der Waals surface area contributed by atoms with E-state index >= 15 is 0 Å². The fraction of sp³-hybridized carbons (Fsp3) is 0.0455. The summed E-state index contributed by atoms with van der Waals surface area (Å²) in [6, 6.07) is 20.6. The zero-order chi connectivity index (χ0) is 19.5. The molecule has 6 nitrogen and oxygen atoms in total. The molecule has 0 saturated carbocycles. The van der Waals surface area contributed by atoms with Gasteiger partial charge in [-0.15, -0.1) is 0 Å². The van der Waals surface area contributed by atoms with Crippen molar-refractivity contribution in [2.24, 2.45) is 5.10 Å². The number of carbonyl (C=O) groups is 2. The Morgan fingerprint density at radius 1 is 0.964 bits per heavy atom. The summed E-state index contributed by atoms with van der Waals surface area (Å²) in [6.07, 6.45) is 1.52. The van der Waals surface area contributed by atoms with Crippen LogP contribution in [-0.4, -0.2) is 18.0 Å². The molecular weight excluding hydrogens is 354 g/mol. The third-order valence-electron chi connectivity index (χ3n) is 4.26. The maximum Gasteiger partial charge on any atom is 0.307 e. The Morgan fingerprint density at radius 3 is 2.54 bits per heavy atom. The van der Waals surface area contributed by atoms with Gasteiger partial charge in [0.2, 0.25) is 5.91 Å². The molecule has 1 aromatic heterocycles. The molecule has 0 atom stereocenters. The minimum Gasteiger partial charge on any atom is -0.451 e. The lowest BCUT2D eigenvalue weighted by atomic mass is 10.1. The number of nitrogens with one attached hydrogen (secondary N) is 2. The molecule has 6 heteroatoms. The molecule has 1 heterocycles. The van der Waals surface area contributed by atoms with E-state index in [-0.39, 0.29) is 11.7 Å². The van der Waals surface area contributed by atoms with Crippen molar-refractivity contribution in [3.05, 3.63) is 78.1 Å². The van der Waals surface area contributed by atoms with E-state index < -0.39 is 5.91 Å². The van der Waals surface area contributed by atoms with E-state index in [9.17, 15) is 9.59 Å². The zero-order valence-corrected chi connectivity index (χ0v) is 15.1. The largest absolute Gasteiger partial charge is 0.451 e. The quantitative estimate of drug-likeness (QED) is 0.414. The second-order valence-electron chi connectivity index (χ2n) is 6.31. The minimum absolute atomic E-state index is 0.132. The predicted molar refractivity (Wildman–Crippen MR) is 110 cm³/mol. The zero-order valence-electron chi connectivity index (χ0n) is 15.1. The molecule has 0 bridgehead atoms. The van der Waals surface area contributed by atoms with Crippen molar-refractivity contribution >= 4 is 45.5 Å². The molecule has 28 heavy (non-hydrogen) atoms. The van der Waals surface area contributed by atoms with Crippen molar-refractivity contribution in [1.82, 2.24) is 5.43 Å². The van der Waals surface area contributed by atoms with E-state index in [1.807, 2.05) is 36.4 Å². The van der Waals surface area contributed by atoms with Gasteiger partial charge >= 0.3 is 5.91 Å². The molecule has 0 radical (unpaired) electrons. The first-order valence-corrected chi connectivity index (χ1v) is 8.72. The molecule has 0 saturated heterocycles. The lowest BCUT2D eigenvalue weighted by molar-refractivity contribution is -0.114. The van der Waals surface area contributed by atoms with Crippen LogP contribution < -0.4 is 10.7 Å². The number of benzene rings is 3. The monoisotopic (exact) mass is 371 g/mol. The molecule has 0 aliphatic heterocycles. The predicted octanol–water partition coefficient (Wildman–Crippen LogP) is 4.31. The second kappa shape index (κ2) is 7.36. The highest BCUT2D eigenvalue weighted by Crippen LogP contribution is 2.28. The molecule has 4 aromatic rings. The van der Waals surface area contributed by atoms with Crippen LogP contribution in [0, 0.1) is 0 Å². The van der Waals surface area contributed by atoms with Crippen molar-refractivity contribution in [2.45, 2.75) is 6.92 Å². The van der Waals surface area contributed by atoms with E-state index in [0.717, 1.165) is 21.7 Å². The summed E-state index contributed by atoms with van der Waals surface area (Å²) in [7, 11) is 0. The van der Waals surface area contributed by atoms with Crippen LogP contribution in [0.4, 0.5) is 5.69 Å². The molecule has 138 valence electrons. The number of rotatable bonds is 4. The Bertz CT molecular complexity index is 1210. The number of hydrazone groups is 1. The lowest BCUT2D eigenvalue weighted by Crippen LogP contribution is -2.16. The number of furan rings is 1. The summed E-state index contributed by atoms with van der Waals surface area (Å²) in [5.41, 5.74) is 4.60. The molecule has 0 unspecified atom stereocenters. The number of carbonyl (C=O) groups excluding carboxylic acids is 2. The van der Waals surface area contributed by atoms with Crippen LogP contribution in [0.15, 0.2) is 76.2 Å². The Morgan fingerprint density at radius 2 is 1.75 bits per heavy atom. The summed E-state index contributed by atoms with van der Waals surface area (Å²) >= 11 is 0. The second-order valence-corrected chi connectivity index (χ2v) is 6.31. The van der Waals surface area contributed by atoms with Crippen LogP contribution in [0.25, 0.3) is 21.7 Å². The number of anilines is 1. The van der Waals surface area contributed by atoms with Gasteiger partial charge in [-0.1, -0.05) is 42.5 Å². The Balaban J connectivity index is 1.48. The van der Waals surface area contributed by atoms with Crippen LogP contribution >= 0.6 is 0 Å². The fourth-order valence-electron chi connectivity index (χ4n) is 2.98. The molecule has 0 aliphatic rings. The first-order valence-electron chi connectivity index (χ1n) is 8.72. The summed E-state index contributed by atoms with van der Waals surface area (Å²) in [6.45, 7) is 1.45. The molecular formula is C22H17N3O3. The first kappa shape index (κ1) is 17.5. The highest BCUT2D eigenvalue weighted by atomic mass is 16.3. The van der Waals surface area contributed by atoms with Crippen LogP contribution in [0.3, 0.4) is 0 Å². The average Bonchev–Trinajstić information content (AvgIpc) is 3.14. The number of nitrogens with zero attached hydrogens (tertiary/aromatic N) is 1. The van der Waals surface area contributed by atoms with Crippen molar-refractivity contribution < 1.29 is 14.0 Å². The molecule has 2 amide bonds. The smallest absolute Gasteiger partial charge is 0.307 e. The fourth-order valence-corrected chi connectivity index (χ4v) is 2.98. The van der Waals surface area contributed by atoms with Gasteiger partial charge in [0.1, 0.15) is 5.58 Å². The highest BCUT2D eigenvalue weighted by molar-refractivity contribution is 6.08. The van der Waals surface area contributed by atoms with E-state index in [0.29, 0.717) is 11.3 Å². The average molecular weight is 371 g/mol. The van der Waals surface area contributed by atoms with E-state index in [1.54, 1.807) is 30.3 Å². The van der Waals surface area contributed by atoms with Crippen LogP contribution in [-0.2, 0) is 4.79 Å². The molecule has 0 aliphatic carbocycles. The standard InChI is InChI=1S/C22H17N3O3/c1-14(26)24-17-9-6-15(7-10-17)13-23-25-22(27)21-12-19-18-5-3-2-4-16(18)8-11-20(19)28-21/h2-13H,1H3,(H,24,26)(H,25,27)/b23-13-. The topological polar surface area (TPSA) is 83.7 Å². The van der Waals surface area contributed by atoms with Gasteiger partial charge in [-0.25, -0.2) is 5.43 Å². The van der Waals surface area contributed by atoms with Gasteiger partial charge in [0.25, 0.3) is 0 Å². The Labute approximate surface area is 160 Å². The first-order chi connectivity index (χ1) is 13.6. The highest BCUT2D eigenvalue weighted by Gasteiger charge is 2.13. The summed E-state index contributed by atoms with van der Waals surface area (Å²) in [4.78, 5) is 23.4. The van der Waals surface area contributed by atoms with Crippen molar-refractivity contribution in [1.29, 1.82) is 0 Å². The van der Waals surface area contributed by atoms with Crippen LogP contribution in [0.1, 0.15) is 23.0 Å². The number of hydrogen-bond donors (Lipinski definition) is 2. The normalized spacial score (nSPS) is 11.2. The summed E-state index contributed by atoms with van der Waals surface area (Å²) in [5.74, 6) is -0.358. The number of hydrogen-bond acceptors (Lipinski definition) is 4.